The number of amides is 1. The number of aliphatic hydroxyl groups excluding tert-OH is 1. The zero-order valence-corrected chi connectivity index (χ0v) is 12.3. The molecule has 0 radical (unpaired) electrons. The van der Waals surface area contributed by atoms with Gasteiger partial charge >= 0.3 is 5.97 Å². The first-order valence-corrected chi connectivity index (χ1v) is 6.77. The molecule has 0 aliphatic rings. The van der Waals surface area contributed by atoms with Crippen molar-refractivity contribution in [3.05, 3.63) is 29.3 Å². The highest BCUT2D eigenvalue weighted by molar-refractivity contribution is 5.76. The van der Waals surface area contributed by atoms with E-state index in [2.05, 4.69) is 5.32 Å². The quantitative estimate of drug-likeness (QED) is 0.665. The van der Waals surface area contributed by atoms with Gasteiger partial charge in [0.2, 0.25) is 5.91 Å². The number of aliphatic carboxylic acids is 1. The fourth-order valence-corrected chi connectivity index (χ4v) is 1.78. The minimum Gasteiger partial charge on any atom is -0.493 e. The number of rotatable bonds is 8. The van der Waals surface area contributed by atoms with Gasteiger partial charge in [0, 0.05) is 13.0 Å². The van der Waals surface area contributed by atoms with Crippen LogP contribution < -0.4 is 10.1 Å². The van der Waals surface area contributed by atoms with Crippen molar-refractivity contribution in [1.29, 1.82) is 0 Å². The second kappa shape index (κ2) is 8.26. The summed E-state index contributed by atoms with van der Waals surface area (Å²) in [5, 5.41) is 20.1. The molecule has 0 aliphatic heterocycles. The summed E-state index contributed by atoms with van der Waals surface area (Å²) in [6.07, 6.45) is -1.29. The third-order valence-corrected chi connectivity index (χ3v) is 2.94. The molecule has 6 heteroatoms. The zero-order chi connectivity index (χ0) is 15.8. The van der Waals surface area contributed by atoms with Crippen molar-refractivity contribution in [2.75, 3.05) is 13.2 Å². The number of carbonyl (C=O) groups is 2. The summed E-state index contributed by atoms with van der Waals surface area (Å²) in [5.74, 6) is -0.783. The summed E-state index contributed by atoms with van der Waals surface area (Å²) in [7, 11) is 0. The molecule has 1 amide bonds. The molecule has 6 nitrogen and oxygen atoms in total. The van der Waals surface area contributed by atoms with Gasteiger partial charge in [-0.25, -0.2) is 4.79 Å². The summed E-state index contributed by atoms with van der Waals surface area (Å²) in [4.78, 5) is 21.9. The molecule has 1 atom stereocenters. The molecule has 1 unspecified atom stereocenters. The van der Waals surface area contributed by atoms with Crippen molar-refractivity contribution >= 4 is 11.9 Å². The average molecular weight is 295 g/mol. The lowest BCUT2D eigenvalue weighted by Crippen LogP contribution is -2.30. The average Bonchev–Trinajstić information content (AvgIpc) is 2.41. The standard InChI is InChI=1S/C15H21NO5/c1-10-3-4-13(11(2)9-10)21-8-6-14(18)16-7-5-12(17)15(19)20/h3-4,9,12,17H,5-8H2,1-2H3,(H,16,18)(H,19,20). The molecular weight excluding hydrogens is 274 g/mol. The van der Waals surface area contributed by atoms with E-state index in [0.29, 0.717) is 0 Å². The topological polar surface area (TPSA) is 95.9 Å². The van der Waals surface area contributed by atoms with Crippen LogP contribution in [0.2, 0.25) is 0 Å². The highest BCUT2D eigenvalue weighted by Crippen LogP contribution is 2.18. The number of carboxylic acid groups (broad SMARTS) is 1. The van der Waals surface area contributed by atoms with Gasteiger partial charge in [-0.15, -0.1) is 0 Å². The number of nitrogens with one attached hydrogen (secondary N) is 1. The smallest absolute Gasteiger partial charge is 0.332 e. The molecule has 116 valence electrons. The molecule has 0 saturated heterocycles. The molecule has 0 fully saturated rings. The summed E-state index contributed by atoms with van der Waals surface area (Å²) < 4.78 is 5.52. The second-order valence-corrected chi connectivity index (χ2v) is 4.86. The number of hydrogen-bond donors (Lipinski definition) is 3. The van der Waals surface area contributed by atoms with Crippen LogP contribution in [0, 0.1) is 13.8 Å². The Morgan fingerprint density at radius 3 is 2.67 bits per heavy atom. The largest absolute Gasteiger partial charge is 0.493 e. The van der Waals surface area contributed by atoms with E-state index in [-0.39, 0.29) is 31.9 Å². The van der Waals surface area contributed by atoms with Crippen LogP contribution in [0.25, 0.3) is 0 Å². The second-order valence-electron chi connectivity index (χ2n) is 4.86. The molecule has 0 aliphatic carbocycles. The Labute approximate surface area is 123 Å². The van der Waals surface area contributed by atoms with Crippen molar-refractivity contribution in [1.82, 2.24) is 5.32 Å². The first-order valence-electron chi connectivity index (χ1n) is 6.77. The number of aryl methyl sites for hydroxylation is 2. The normalized spacial score (nSPS) is 11.8. The Kier molecular flexibility index (Phi) is 6.68. The van der Waals surface area contributed by atoms with Gasteiger partial charge in [0.15, 0.2) is 6.10 Å². The lowest BCUT2D eigenvalue weighted by molar-refractivity contribution is -0.147. The van der Waals surface area contributed by atoms with E-state index in [4.69, 9.17) is 14.9 Å². The predicted octanol–water partition coefficient (Wildman–Crippen LogP) is 1.02. The lowest BCUT2D eigenvalue weighted by atomic mass is 10.1. The summed E-state index contributed by atoms with van der Waals surface area (Å²) in [6.45, 7) is 4.30. The molecule has 21 heavy (non-hydrogen) atoms. The van der Waals surface area contributed by atoms with Crippen molar-refractivity contribution < 1.29 is 24.5 Å². The number of hydrogen-bond acceptors (Lipinski definition) is 4. The number of carboxylic acids is 1. The van der Waals surface area contributed by atoms with Crippen LogP contribution in [0.15, 0.2) is 18.2 Å². The molecule has 1 rings (SSSR count). The highest BCUT2D eigenvalue weighted by Gasteiger charge is 2.12. The van der Waals surface area contributed by atoms with Gasteiger partial charge in [-0.05, 0) is 25.5 Å². The Hall–Kier alpha value is -2.08. The molecule has 1 aromatic rings. The van der Waals surface area contributed by atoms with Gasteiger partial charge in [-0.1, -0.05) is 17.7 Å². The van der Waals surface area contributed by atoms with Gasteiger partial charge in [-0.2, -0.15) is 0 Å². The first-order chi connectivity index (χ1) is 9.90. The molecule has 0 aromatic heterocycles. The lowest BCUT2D eigenvalue weighted by Gasteiger charge is -2.10. The fraction of sp³-hybridized carbons (Fsp3) is 0.467. The van der Waals surface area contributed by atoms with E-state index in [1.807, 2.05) is 32.0 Å². The van der Waals surface area contributed by atoms with Crippen LogP contribution in [0.3, 0.4) is 0 Å². The van der Waals surface area contributed by atoms with Crippen molar-refractivity contribution in [3.8, 4) is 5.75 Å². The fourth-order valence-electron chi connectivity index (χ4n) is 1.78. The van der Waals surface area contributed by atoms with Gasteiger partial charge in [-0.3, -0.25) is 4.79 Å². The molecular formula is C15H21NO5. The summed E-state index contributed by atoms with van der Waals surface area (Å²) in [5.41, 5.74) is 2.16. The maximum Gasteiger partial charge on any atom is 0.332 e. The summed E-state index contributed by atoms with van der Waals surface area (Å²) >= 11 is 0. The molecule has 3 N–H and O–H groups in total. The SMILES string of the molecule is Cc1ccc(OCCC(=O)NCCC(O)C(=O)O)c(C)c1. The van der Waals surface area contributed by atoms with E-state index in [0.717, 1.165) is 16.9 Å². The van der Waals surface area contributed by atoms with Gasteiger partial charge in [0.1, 0.15) is 5.75 Å². The molecule has 0 heterocycles. The molecule has 0 bridgehead atoms. The van der Waals surface area contributed by atoms with Gasteiger partial charge < -0.3 is 20.3 Å². The van der Waals surface area contributed by atoms with Gasteiger partial charge in [0.05, 0.1) is 13.0 Å². The molecule has 1 aromatic carbocycles. The van der Waals surface area contributed by atoms with Crippen LogP contribution in [-0.4, -0.2) is 41.3 Å². The van der Waals surface area contributed by atoms with E-state index >= 15 is 0 Å². The number of aliphatic hydroxyl groups is 1. The Morgan fingerprint density at radius 1 is 1.33 bits per heavy atom. The Morgan fingerprint density at radius 2 is 2.05 bits per heavy atom. The summed E-state index contributed by atoms with van der Waals surface area (Å²) in [6, 6.07) is 5.81. The highest BCUT2D eigenvalue weighted by atomic mass is 16.5. The minimum absolute atomic E-state index is 0.0149. The first kappa shape index (κ1) is 17.0. The van der Waals surface area contributed by atoms with Crippen molar-refractivity contribution in [3.63, 3.8) is 0 Å². The van der Waals surface area contributed by atoms with E-state index < -0.39 is 12.1 Å². The van der Waals surface area contributed by atoms with Crippen LogP contribution in [0.1, 0.15) is 24.0 Å². The number of carbonyl (C=O) groups excluding carboxylic acids is 1. The molecule has 0 spiro atoms. The van der Waals surface area contributed by atoms with Crippen LogP contribution in [0.5, 0.6) is 5.75 Å². The van der Waals surface area contributed by atoms with Crippen LogP contribution in [-0.2, 0) is 9.59 Å². The zero-order valence-electron chi connectivity index (χ0n) is 12.3. The predicted molar refractivity (Wildman–Crippen MR) is 77.3 cm³/mol. The minimum atomic E-state index is -1.45. The maximum atomic E-state index is 11.5. The van der Waals surface area contributed by atoms with Crippen molar-refractivity contribution in [2.24, 2.45) is 0 Å². The molecule has 0 saturated carbocycles. The Balaban J connectivity index is 2.23. The van der Waals surface area contributed by atoms with Crippen molar-refractivity contribution in [2.45, 2.75) is 32.8 Å². The van der Waals surface area contributed by atoms with Crippen LogP contribution in [0.4, 0.5) is 0 Å². The third-order valence-electron chi connectivity index (χ3n) is 2.94. The maximum absolute atomic E-state index is 11.5. The van der Waals surface area contributed by atoms with Gasteiger partial charge in [0.25, 0.3) is 0 Å². The number of ether oxygens (including phenoxy) is 1. The van der Waals surface area contributed by atoms with E-state index in [1.165, 1.54) is 0 Å². The van der Waals surface area contributed by atoms with E-state index in [1.54, 1.807) is 0 Å². The Bertz CT molecular complexity index is 501. The third kappa shape index (κ3) is 6.27. The monoisotopic (exact) mass is 295 g/mol. The van der Waals surface area contributed by atoms with E-state index in [9.17, 15) is 9.59 Å². The van der Waals surface area contributed by atoms with Crippen LogP contribution >= 0.6 is 0 Å². The number of benzene rings is 1.